The summed E-state index contributed by atoms with van der Waals surface area (Å²) in [6.07, 6.45) is 0.194. The Hall–Kier alpha value is -1.02. The molecule has 1 aromatic rings. The minimum atomic E-state index is 0.194. The number of aryl methyl sites for hydroxylation is 1. The molecule has 1 aromatic carbocycles. The van der Waals surface area contributed by atoms with E-state index in [9.17, 15) is 0 Å². The van der Waals surface area contributed by atoms with Crippen molar-refractivity contribution < 1.29 is 4.74 Å². The lowest BCUT2D eigenvalue weighted by Crippen LogP contribution is -2.31. The third-order valence-electron chi connectivity index (χ3n) is 3.19. The zero-order chi connectivity index (χ0) is 14.4. The van der Waals surface area contributed by atoms with Crippen molar-refractivity contribution in [2.45, 2.75) is 53.6 Å². The van der Waals surface area contributed by atoms with E-state index in [1.807, 2.05) is 0 Å². The minimum absolute atomic E-state index is 0.194. The maximum Gasteiger partial charge on any atom is 0.122 e. The van der Waals surface area contributed by atoms with Gasteiger partial charge < -0.3 is 10.1 Å². The fourth-order valence-corrected chi connectivity index (χ4v) is 1.94. The SMILES string of the molecule is Cc1ccc(C(C)C)cc1OC(C)CNCC(C)C. The summed E-state index contributed by atoms with van der Waals surface area (Å²) in [4.78, 5) is 0. The van der Waals surface area contributed by atoms with Gasteiger partial charge in [0.05, 0.1) is 0 Å². The van der Waals surface area contributed by atoms with E-state index in [0.29, 0.717) is 11.8 Å². The van der Waals surface area contributed by atoms with Gasteiger partial charge in [-0.15, -0.1) is 0 Å². The predicted molar refractivity (Wildman–Crippen MR) is 83.1 cm³/mol. The lowest BCUT2D eigenvalue weighted by Gasteiger charge is -2.19. The fourth-order valence-electron chi connectivity index (χ4n) is 1.94. The monoisotopic (exact) mass is 263 g/mol. The maximum absolute atomic E-state index is 6.06. The van der Waals surface area contributed by atoms with Gasteiger partial charge in [-0.05, 0) is 49.4 Å². The summed E-state index contributed by atoms with van der Waals surface area (Å²) < 4.78 is 6.06. The fraction of sp³-hybridized carbons (Fsp3) is 0.647. The largest absolute Gasteiger partial charge is 0.489 e. The average Bonchev–Trinajstić information content (AvgIpc) is 2.31. The first kappa shape index (κ1) is 16.0. The number of nitrogens with one attached hydrogen (secondary N) is 1. The predicted octanol–water partition coefficient (Wildman–Crippen LogP) is 4.13. The Morgan fingerprint density at radius 3 is 2.32 bits per heavy atom. The standard InChI is InChI=1S/C17H29NO/c1-12(2)10-18-11-15(6)19-17-9-16(13(3)4)8-7-14(17)5/h7-9,12-13,15,18H,10-11H2,1-6H3. The highest BCUT2D eigenvalue weighted by Gasteiger charge is 2.09. The Kier molecular flexibility index (Phi) is 6.36. The Balaban J connectivity index is 2.57. The molecule has 1 unspecified atom stereocenters. The smallest absolute Gasteiger partial charge is 0.122 e. The third-order valence-corrected chi connectivity index (χ3v) is 3.19. The van der Waals surface area contributed by atoms with E-state index in [-0.39, 0.29) is 6.10 Å². The molecule has 1 rings (SSSR count). The Bertz CT molecular complexity index is 385. The van der Waals surface area contributed by atoms with E-state index in [1.165, 1.54) is 11.1 Å². The van der Waals surface area contributed by atoms with Crippen molar-refractivity contribution in [3.8, 4) is 5.75 Å². The normalized spacial score (nSPS) is 13.1. The van der Waals surface area contributed by atoms with E-state index >= 15 is 0 Å². The molecule has 2 heteroatoms. The van der Waals surface area contributed by atoms with Crippen LogP contribution < -0.4 is 10.1 Å². The summed E-state index contributed by atoms with van der Waals surface area (Å²) >= 11 is 0. The van der Waals surface area contributed by atoms with Crippen LogP contribution in [-0.4, -0.2) is 19.2 Å². The van der Waals surface area contributed by atoms with E-state index in [1.54, 1.807) is 0 Å². The van der Waals surface area contributed by atoms with Gasteiger partial charge in [0.15, 0.2) is 0 Å². The van der Waals surface area contributed by atoms with Crippen LogP contribution in [0.4, 0.5) is 0 Å². The first-order valence-electron chi connectivity index (χ1n) is 7.38. The molecule has 0 heterocycles. The van der Waals surface area contributed by atoms with Crippen molar-refractivity contribution in [1.82, 2.24) is 5.32 Å². The zero-order valence-corrected chi connectivity index (χ0v) is 13.3. The molecule has 108 valence electrons. The topological polar surface area (TPSA) is 21.3 Å². The number of hydrogen-bond acceptors (Lipinski definition) is 2. The molecule has 0 saturated heterocycles. The van der Waals surface area contributed by atoms with Crippen LogP contribution in [0.5, 0.6) is 5.75 Å². The van der Waals surface area contributed by atoms with Gasteiger partial charge in [-0.1, -0.05) is 39.8 Å². The Labute approximate surface area is 118 Å². The molecule has 0 radical (unpaired) electrons. The van der Waals surface area contributed by atoms with Crippen molar-refractivity contribution in [2.24, 2.45) is 5.92 Å². The first-order chi connectivity index (χ1) is 8.90. The second-order valence-electron chi connectivity index (χ2n) is 6.16. The van der Waals surface area contributed by atoms with Gasteiger partial charge in [-0.3, -0.25) is 0 Å². The first-order valence-corrected chi connectivity index (χ1v) is 7.38. The molecular formula is C17H29NO. The molecule has 0 aromatic heterocycles. The molecule has 1 N–H and O–H groups in total. The summed E-state index contributed by atoms with van der Waals surface area (Å²) in [6.45, 7) is 15.0. The zero-order valence-electron chi connectivity index (χ0n) is 13.3. The van der Waals surface area contributed by atoms with Gasteiger partial charge in [-0.25, -0.2) is 0 Å². The Morgan fingerprint density at radius 1 is 1.05 bits per heavy atom. The number of rotatable bonds is 7. The molecule has 0 aliphatic carbocycles. The van der Waals surface area contributed by atoms with Crippen molar-refractivity contribution in [1.29, 1.82) is 0 Å². The van der Waals surface area contributed by atoms with Crippen LogP contribution in [0.3, 0.4) is 0 Å². The van der Waals surface area contributed by atoms with E-state index in [4.69, 9.17) is 4.74 Å². The number of benzene rings is 1. The molecule has 0 aliphatic heterocycles. The summed E-state index contributed by atoms with van der Waals surface area (Å²) in [7, 11) is 0. The second-order valence-corrected chi connectivity index (χ2v) is 6.16. The lowest BCUT2D eigenvalue weighted by molar-refractivity contribution is 0.214. The van der Waals surface area contributed by atoms with Gasteiger partial charge in [0.25, 0.3) is 0 Å². The highest BCUT2D eigenvalue weighted by atomic mass is 16.5. The minimum Gasteiger partial charge on any atom is -0.489 e. The van der Waals surface area contributed by atoms with Crippen LogP contribution in [0.1, 0.15) is 51.7 Å². The van der Waals surface area contributed by atoms with Crippen LogP contribution in [0.2, 0.25) is 0 Å². The van der Waals surface area contributed by atoms with Gasteiger partial charge in [0.1, 0.15) is 11.9 Å². The van der Waals surface area contributed by atoms with Crippen molar-refractivity contribution >= 4 is 0 Å². The summed E-state index contributed by atoms with van der Waals surface area (Å²) in [5, 5.41) is 3.44. The van der Waals surface area contributed by atoms with Crippen molar-refractivity contribution in [2.75, 3.05) is 13.1 Å². The van der Waals surface area contributed by atoms with E-state index in [0.717, 1.165) is 18.8 Å². The van der Waals surface area contributed by atoms with Crippen LogP contribution in [-0.2, 0) is 0 Å². The van der Waals surface area contributed by atoms with Crippen molar-refractivity contribution in [3.05, 3.63) is 29.3 Å². The summed E-state index contributed by atoms with van der Waals surface area (Å²) in [6, 6.07) is 6.52. The quantitative estimate of drug-likeness (QED) is 0.798. The number of hydrogen-bond donors (Lipinski definition) is 1. The van der Waals surface area contributed by atoms with E-state index < -0.39 is 0 Å². The summed E-state index contributed by atoms with van der Waals surface area (Å²) in [5.74, 6) is 2.24. The molecule has 0 spiro atoms. The molecule has 1 atom stereocenters. The van der Waals surface area contributed by atoms with Crippen LogP contribution in [0, 0.1) is 12.8 Å². The molecule has 19 heavy (non-hydrogen) atoms. The van der Waals surface area contributed by atoms with Crippen molar-refractivity contribution in [3.63, 3.8) is 0 Å². The van der Waals surface area contributed by atoms with Crippen LogP contribution in [0.15, 0.2) is 18.2 Å². The van der Waals surface area contributed by atoms with Crippen LogP contribution in [0.25, 0.3) is 0 Å². The molecule has 2 nitrogen and oxygen atoms in total. The van der Waals surface area contributed by atoms with Gasteiger partial charge in [0, 0.05) is 6.54 Å². The molecular weight excluding hydrogens is 234 g/mol. The van der Waals surface area contributed by atoms with Gasteiger partial charge >= 0.3 is 0 Å². The third kappa shape index (κ3) is 5.65. The highest BCUT2D eigenvalue weighted by Crippen LogP contribution is 2.25. The second kappa shape index (κ2) is 7.54. The highest BCUT2D eigenvalue weighted by molar-refractivity contribution is 5.37. The molecule has 0 amide bonds. The van der Waals surface area contributed by atoms with E-state index in [2.05, 4.69) is 65.1 Å². The molecule has 0 bridgehead atoms. The Morgan fingerprint density at radius 2 is 1.74 bits per heavy atom. The molecule has 0 saturated carbocycles. The summed E-state index contributed by atoms with van der Waals surface area (Å²) in [5.41, 5.74) is 2.54. The maximum atomic E-state index is 6.06. The molecule has 0 aliphatic rings. The number of ether oxygens (including phenoxy) is 1. The van der Waals surface area contributed by atoms with Gasteiger partial charge in [-0.2, -0.15) is 0 Å². The van der Waals surface area contributed by atoms with Gasteiger partial charge in [0.2, 0.25) is 0 Å². The average molecular weight is 263 g/mol. The molecule has 0 fully saturated rings. The lowest BCUT2D eigenvalue weighted by atomic mass is 10.0. The van der Waals surface area contributed by atoms with Crippen LogP contribution >= 0.6 is 0 Å².